The molecule has 3 aliphatic heterocycles. The number of aromatic nitrogens is 3. The first kappa shape index (κ1) is 21.4. The Kier molecular flexibility index (Phi) is 5.21. The zero-order chi connectivity index (χ0) is 23.4. The smallest absolute Gasteiger partial charge is 0.254 e. The fraction of sp³-hybridized carbons (Fsp3) is 0.500. The number of likely N-dealkylation sites (N-methyl/N-ethyl adjacent to an activating group) is 1. The zero-order valence-electron chi connectivity index (χ0n) is 20.1. The van der Waals surface area contributed by atoms with Crippen LogP contribution < -0.4 is 15.0 Å². The van der Waals surface area contributed by atoms with Crippen molar-refractivity contribution >= 4 is 22.8 Å². The summed E-state index contributed by atoms with van der Waals surface area (Å²) in [7, 11) is 3.70. The van der Waals surface area contributed by atoms with Crippen molar-refractivity contribution in [1.29, 1.82) is 0 Å². The molecule has 1 unspecified atom stereocenters. The average Bonchev–Trinajstić information content (AvgIpc) is 3.57. The van der Waals surface area contributed by atoms with Crippen LogP contribution >= 0.6 is 0 Å². The standard InChI is InChI=1S/C26H32N6O2/c1-4-32-21(13-17-6-5-9-28-24(17)32)25-29-19-12-18(14-22(34-3)23(19)30(25)2)26(33)31-11-8-16-7-10-27-20(16)15-31/h5-6,9,12,14,16,20-21,27H,4,7-8,10-11,13,15H2,1-3H3/t16-,20+,21?/m0/s1. The van der Waals surface area contributed by atoms with Crippen LogP contribution in [-0.2, 0) is 13.5 Å². The molecule has 1 aromatic carbocycles. The van der Waals surface area contributed by atoms with Crippen LogP contribution in [-0.4, -0.2) is 64.7 Å². The summed E-state index contributed by atoms with van der Waals surface area (Å²) in [6.07, 6.45) is 5.01. The highest BCUT2D eigenvalue weighted by molar-refractivity contribution is 5.99. The molecule has 2 saturated heterocycles. The van der Waals surface area contributed by atoms with Crippen molar-refractivity contribution in [1.82, 2.24) is 24.8 Å². The molecule has 2 fully saturated rings. The van der Waals surface area contributed by atoms with Gasteiger partial charge in [0.2, 0.25) is 0 Å². The maximum Gasteiger partial charge on any atom is 0.254 e. The van der Waals surface area contributed by atoms with Crippen LogP contribution in [0.2, 0.25) is 0 Å². The molecule has 1 N–H and O–H groups in total. The number of ether oxygens (including phenoxy) is 1. The van der Waals surface area contributed by atoms with Crippen LogP contribution in [0.4, 0.5) is 5.82 Å². The lowest BCUT2D eigenvalue weighted by molar-refractivity contribution is 0.0669. The lowest BCUT2D eigenvalue weighted by Gasteiger charge is -2.35. The molecule has 1 amide bonds. The summed E-state index contributed by atoms with van der Waals surface area (Å²) in [5.41, 5.74) is 3.61. The topological polar surface area (TPSA) is 75.5 Å². The predicted octanol–water partition coefficient (Wildman–Crippen LogP) is 2.92. The number of nitrogens with one attached hydrogen (secondary N) is 1. The molecule has 0 aliphatic carbocycles. The number of fused-ring (bicyclic) bond motifs is 3. The number of carbonyl (C=O) groups excluding carboxylic acids is 1. The molecule has 0 bridgehead atoms. The van der Waals surface area contributed by atoms with Gasteiger partial charge in [0.25, 0.3) is 5.91 Å². The second kappa shape index (κ2) is 8.27. The number of hydrogen-bond donors (Lipinski definition) is 1. The minimum Gasteiger partial charge on any atom is -0.494 e. The van der Waals surface area contributed by atoms with Crippen LogP contribution in [0.3, 0.4) is 0 Å². The van der Waals surface area contributed by atoms with Crippen molar-refractivity contribution in [2.45, 2.75) is 38.3 Å². The minimum atomic E-state index is 0.0622. The number of imidazole rings is 1. The number of nitrogens with zero attached hydrogens (tertiary/aromatic N) is 5. The van der Waals surface area contributed by atoms with E-state index in [0.717, 1.165) is 61.7 Å². The Morgan fingerprint density at radius 1 is 1.29 bits per heavy atom. The van der Waals surface area contributed by atoms with Crippen LogP contribution in [0.15, 0.2) is 30.5 Å². The van der Waals surface area contributed by atoms with E-state index in [0.29, 0.717) is 23.3 Å². The summed E-state index contributed by atoms with van der Waals surface area (Å²) in [4.78, 5) is 27.5. The lowest BCUT2D eigenvalue weighted by Crippen LogP contribution is -2.48. The summed E-state index contributed by atoms with van der Waals surface area (Å²) >= 11 is 0. The van der Waals surface area contributed by atoms with Crippen LogP contribution in [0.1, 0.15) is 47.6 Å². The van der Waals surface area contributed by atoms with E-state index in [4.69, 9.17) is 9.72 Å². The molecular weight excluding hydrogens is 428 g/mol. The van der Waals surface area contributed by atoms with E-state index >= 15 is 0 Å². The summed E-state index contributed by atoms with van der Waals surface area (Å²) in [6, 6.07) is 8.48. The maximum absolute atomic E-state index is 13.5. The fourth-order valence-corrected chi connectivity index (χ4v) is 6.22. The van der Waals surface area contributed by atoms with Crippen LogP contribution in [0.25, 0.3) is 11.0 Å². The highest BCUT2D eigenvalue weighted by Crippen LogP contribution is 2.40. The Balaban J connectivity index is 1.36. The van der Waals surface area contributed by atoms with Crippen molar-refractivity contribution in [3.63, 3.8) is 0 Å². The number of carbonyl (C=O) groups is 1. The number of aryl methyl sites for hydroxylation is 1. The van der Waals surface area contributed by atoms with Crippen molar-refractivity contribution < 1.29 is 9.53 Å². The largest absolute Gasteiger partial charge is 0.494 e. The summed E-state index contributed by atoms with van der Waals surface area (Å²) in [5, 5.41) is 3.56. The van der Waals surface area contributed by atoms with Gasteiger partial charge >= 0.3 is 0 Å². The van der Waals surface area contributed by atoms with Crippen molar-refractivity contribution in [3.05, 3.63) is 47.4 Å². The highest BCUT2D eigenvalue weighted by atomic mass is 16.5. The lowest BCUT2D eigenvalue weighted by atomic mass is 9.92. The van der Waals surface area contributed by atoms with Gasteiger partial charge in [-0.15, -0.1) is 0 Å². The van der Waals surface area contributed by atoms with Gasteiger partial charge in [-0.2, -0.15) is 0 Å². The first-order valence-electron chi connectivity index (χ1n) is 12.4. The molecule has 2 aromatic heterocycles. The van der Waals surface area contributed by atoms with Crippen LogP contribution in [0.5, 0.6) is 5.75 Å². The number of amides is 1. The highest BCUT2D eigenvalue weighted by Gasteiger charge is 2.36. The second-order valence-corrected chi connectivity index (χ2v) is 9.72. The number of benzene rings is 1. The second-order valence-electron chi connectivity index (χ2n) is 9.72. The van der Waals surface area contributed by atoms with Crippen LogP contribution in [0, 0.1) is 5.92 Å². The van der Waals surface area contributed by atoms with E-state index in [1.165, 1.54) is 12.0 Å². The van der Waals surface area contributed by atoms with E-state index in [1.807, 2.05) is 36.3 Å². The molecule has 34 heavy (non-hydrogen) atoms. The summed E-state index contributed by atoms with van der Waals surface area (Å²) < 4.78 is 7.90. The Morgan fingerprint density at radius 3 is 3.00 bits per heavy atom. The Hall–Kier alpha value is -3.13. The number of likely N-dealkylation sites (tertiary alicyclic amines) is 1. The SMILES string of the molecule is CCN1c2ncccc2CC1c1nc2cc(C(=O)N3CC[C@@H]4CCN[C@@H]4C3)cc(OC)c2n1C. The molecule has 3 aromatic rings. The number of rotatable bonds is 4. The van der Waals surface area contributed by atoms with E-state index in [9.17, 15) is 4.79 Å². The summed E-state index contributed by atoms with van der Waals surface area (Å²) in [6.45, 7) is 5.65. The van der Waals surface area contributed by atoms with E-state index in [1.54, 1.807) is 7.11 Å². The molecule has 0 saturated carbocycles. The molecule has 3 atom stereocenters. The van der Waals surface area contributed by atoms with Gasteiger partial charge in [0.15, 0.2) is 0 Å². The molecular formula is C26H32N6O2. The third-order valence-electron chi connectivity index (χ3n) is 7.97. The molecule has 8 nitrogen and oxygen atoms in total. The van der Waals surface area contributed by atoms with Crippen molar-refractivity contribution in [2.75, 3.05) is 38.2 Å². The first-order chi connectivity index (χ1) is 16.6. The molecule has 178 valence electrons. The summed E-state index contributed by atoms with van der Waals surface area (Å²) in [5.74, 6) is 3.45. The number of piperidine rings is 1. The Bertz CT molecular complexity index is 1250. The molecule has 8 heteroatoms. The van der Waals surface area contributed by atoms with Crippen molar-refractivity contribution in [2.24, 2.45) is 13.0 Å². The normalized spacial score (nSPS) is 23.9. The number of methoxy groups -OCH3 is 1. The van der Waals surface area contributed by atoms with Gasteiger partial charge in [0.1, 0.15) is 22.9 Å². The number of pyridine rings is 1. The average molecular weight is 461 g/mol. The minimum absolute atomic E-state index is 0.0622. The molecule has 3 aliphatic rings. The van der Waals surface area contributed by atoms with Gasteiger partial charge in [-0.1, -0.05) is 6.07 Å². The number of anilines is 1. The molecule has 0 radical (unpaired) electrons. The van der Waals surface area contributed by atoms with E-state index < -0.39 is 0 Å². The zero-order valence-corrected chi connectivity index (χ0v) is 20.1. The Morgan fingerprint density at radius 2 is 2.18 bits per heavy atom. The number of hydrogen-bond acceptors (Lipinski definition) is 6. The predicted molar refractivity (Wildman–Crippen MR) is 131 cm³/mol. The molecule has 0 spiro atoms. The van der Waals surface area contributed by atoms with E-state index in [2.05, 4.69) is 32.8 Å². The monoisotopic (exact) mass is 460 g/mol. The van der Waals surface area contributed by atoms with Gasteiger partial charge in [-0.05, 0) is 56.0 Å². The van der Waals surface area contributed by atoms with Gasteiger partial charge in [-0.25, -0.2) is 9.97 Å². The Labute approximate surface area is 199 Å². The van der Waals surface area contributed by atoms with Gasteiger partial charge in [0, 0.05) is 50.9 Å². The quantitative estimate of drug-likeness (QED) is 0.645. The van der Waals surface area contributed by atoms with Gasteiger partial charge in [-0.3, -0.25) is 4.79 Å². The van der Waals surface area contributed by atoms with Gasteiger partial charge in [0.05, 0.1) is 18.7 Å². The third kappa shape index (κ3) is 3.27. The fourth-order valence-electron chi connectivity index (χ4n) is 6.22. The maximum atomic E-state index is 13.5. The van der Waals surface area contributed by atoms with E-state index in [-0.39, 0.29) is 11.9 Å². The first-order valence-corrected chi connectivity index (χ1v) is 12.4. The molecule has 6 rings (SSSR count). The molecule has 5 heterocycles. The third-order valence-corrected chi connectivity index (χ3v) is 7.97. The van der Waals surface area contributed by atoms with Crippen molar-refractivity contribution in [3.8, 4) is 5.75 Å². The van der Waals surface area contributed by atoms with Gasteiger partial charge < -0.3 is 24.4 Å².